The molecule has 98 valence electrons. The molecule has 0 aromatic heterocycles. The molecule has 0 fully saturated rings. The average molecular weight is 248 g/mol. The summed E-state index contributed by atoms with van der Waals surface area (Å²) in [5.41, 5.74) is 0.739. The van der Waals surface area contributed by atoms with Gasteiger partial charge in [-0.05, 0) is 49.8 Å². The molecule has 0 saturated carbocycles. The SMILES string of the molecule is CC(O)(Cc1ccccc1F)C1=CCCCCC1. The second-order valence-corrected chi connectivity index (χ2v) is 5.37. The Morgan fingerprint density at radius 2 is 2.00 bits per heavy atom. The van der Waals surface area contributed by atoms with Crippen LogP contribution in [0.2, 0.25) is 0 Å². The van der Waals surface area contributed by atoms with Gasteiger partial charge < -0.3 is 5.11 Å². The van der Waals surface area contributed by atoms with Crippen molar-refractivity contribution in [2.24, 2.45) is 0 Å². The first kappa shape index (κ1) is 13.3. The van der Waals surface area contributed by atoms with Gasteiger partial charge in [-0.25, -0.2) is 4.39 Å². The lowest BCUT2D eigenvalue weighted by atomic mass is 9.86. The number of rotatable bonds is 3. The highest BCUT2D eigenvalue weighted by atomic mass is 19.1. The van der Waals surface area contributed by atoms with Crippen LogP contribution in [0.3, 0.4) is 0 Å². The van der Waals surface area contributed by atoms with Crippen LogP contribution in [0.15, 0.2) is 35.9 Å². The molecule has 1 unspecified atom stereocenters. The molecule has 1 aromatic carbocycles. The van der Waals surface area contributed by atoms with Crippen LogP contribution in [0.4, 0.5) is 4.39 Å². The van der Waals surface area contributed by atoms with E-state index in [1.807, 2.05) is 6.07 Å². The highest BCUT2D eigenvalue weighted by molar-refractivity contribution is 5.25. The molecule has 1 atom stereocenters. The Bertz CT molecular complexity index is 434. The van der Waals surface area contributed by atoms with Crippen LogP contribution in [0.5, 0.6) is 0 Å². The van der Waals surface area contributed by atoms with E-state index in [9.17, 15) is 9.50 Å². The fraction of sp³-hybridized carbons (Fsp3) is 0.500. The molecular weight excluding hydrogens is 227 g/mol. The molecule has 0 spiro atoms. The predicted octanol–water partition coefficient (Wildman–Crippen LogP) is 4.01. The quantitative estimate of drug-likeness (QED) is 0.801. The van der Waals surface area contributed by atoms with E-state index in [1.165, 1.54) is 18.9 Å². The molecule has 0 heterocycles. The van der Waals surface area contributed by atoms with Crippen LogP contribution in [0.1, 0.15) is 44.6 Å². The number of hydrogen-bond donors (Lipinski definition) is 1. The minimum atomic E-state index is -0.924. The number of halogens is 1. The van der Waals surface area contributed by atoms with Gasteiger partial charge in [-0.15, -0.1) is 0 Å². The van der Waals surface area contributed by atoms with Crippen molar-refractivity contribution >= 4 is 0 Å². The molecule has 18 heavy (non-hydrogen) atoms. The number of allylic oxidation sites excluding steroid dienone is 1. The molecule has 2 heteroatoms. The Morgan fingerprint density at radius 1 is 1.22 bits per heavy atom. The first-order valence-corrected chi connectivity index (χ1v) is 6.75. The molecular formula is C16H21FO. The summed E-state index contributed by atoms with van der Waals surface area (Å²) in [7, 11) is 0. The lowest BCUT2D eigenvalue weighted by Crippen LogP contribution is -2.30. The first-order valence-electron chi connectivity index (χ1n) is 6.75. The summed E-state index contributed by atoms with van der Waals surface area (Å²) >= 11 is 0. The molecule has 0 saturated heterocycles. The Morgan fingerprint density at radius 3 is 2.78 bits per heavy atom. The summed E-state index contributed by atoms with van der Waals surface area (Å²) in [6.45, 7) is 1.80. The summed E-state index contributed by atoms with van der Waals surface area (Å²) in [5, 5.41) is 10.6. The Hall–Kier alpha value is -1.15. The van der Waals surface area contributed by atoms with Crippen molar-refractivity contribution in [1.29, 1.82) is 0 Å². The van der Waals surface area contributed by atoms with Crippen LogP contribution in [0, 0.1) is 5.82 Å². The molecule has 1 nitrogen and oxygen atoms in total. The second-order valence-electron chi connectivity index (χ2n) is 5.37. The zero-order valence-electron chi connectivity index (χ0n) is 11.0. The van der Waals surface area contributed by atoms with Gasteiger partial charge in [-0.2, -0.15) is 0 Å². The minimum absolute atomic E-state index is 0.230. The van der Waals surface area contributed by atoms with E-state index >= 15 is 0 Å². The van der Waals surface area contributed by atoms with Crippen molar-refractivity contribution in [3.63, 3.8) is 0 Å². The number of benzene rings is 1. The van der Waals surface area contributed by atoms with Gasteiger partial charge in [-0.1, -0.05) is 30.7 Å². The maximum atomic E-state index is 13.6. The normalized spacial score (nSPS) is 19.8. The molecule has 0 amide bonds. The minimum Gasteiger partial charge on any atom is -0.385 e. The van der Waals surface area contributed by atoms with Gasteiger partial charge in [0.25, 0.3) is 0 Å². The Labute approximate surface area is 108 Å². The van der Waals surface area contributed by atoms with Gasteiger partial charge in [0.2, 0.25) is 0 Å². The molecule has 0 aliphatic heterocycles. The van der Waals surface area contributed by atoms with Gasteiger partial charge in [0.05, 0.1) is 5.60 Å². The fourth-order valence-electron chi connectivity index (χ4n) is 2.63. The van der Waals surface area contributed by atoms with E-state index in [2.05, 4.69) is 6.08 Å². The number of aliphatic hydroxyl groups is 1. The van der Waals surface area contributed by atoms with Crippen molar-refractivity contribution in [2.45, 2.75) is 51.0 Å². The fourth-order valence-corrected chi connectivity index (χ4v) is 2.63. The van der Waals surface area contributed by atoms with Crippen molar-refractivity contribution < 1.29 is 9.50 Å². The molecule has 1 aliphatic carbocycles. The van der Waals surface area contributed by atoms with E-state index < -0.39 is 5.60 Å². The van der Waals surface area contributed by atoms with E-state index in [4.69, 9.17) is 0 Å². The van der Waals surface area contributed by atoms with E-state index in [0.717, 1.165) is 24.8 Å². The maximum absolute atomic E-state index is 13.6. The predicted molar refractivity (Wildman–Crippen MR) is 71.9 cm³/mol. The first-order chi connectivity index (χ1) is 8.59. The van der Waals surface area contributed by atoms with E-state index in [0.29, 0.717) is 12.0 Å². The van der Waals surface area contributed by atoms with E-state index in [1.54, 1.807) is 19.1 Å². The van der Waals surface area contributed by atoms with Gasteiger partial charge >= 0.3 is 0 Å². The lowest BCUT2D eigenvalue weighted by Gasteiger charge is -2.27. The largest absolute Gasteiger partial charge is 0.385 e. The monoisotopic (exact) mass is 248 g/mol. The zero-order chi connectivity index (χ0) is 13.0. The molecule has 1 aliphatic rings. The highest BCUT2D eigenvalue weighted by Crippen LogP contribution is 2.30. The van der Waals surface area contributed by atoms with Crippen LogP contribution >= 0.6 is 0 Å². The molecule has 1 aromatic rings. The van der Waals surface area contributed by atoms with Crippen LogP contribution in [0.25, 0.3) is 0 Å². The standard InChI is InChI=1S/C16H21FO/c1-16(18,14-9-4-2-3-5-10-14)12-13-8-6-7-11-15(13)17/h6-9,11,18H,2-5,10,12H2,1H3. The molecule has 0 radical (unpaired) electrons. The average Bonchev–Trinajstić information content (AvgIpc) is 2.61. The molecule has 2 rings (SSSR count). The van der Waals surface area contributed by atoms with Crippen LogP contribution < -0.4 is 0 Å². The van der Waals surface area contributed by atoms with Crippen molar-refractivity contribution in [1.82, 2.24) is 0 Å². The molecule has 1 N–H and O–H groups in total. The lowest BCUT2D eigenvalue weighted by molar-refractivity contribution is 0.0939. The third-order valence-electron chi connectivity index (χ3n) is 3.73. The zero-order valence-corrected chi connectivity index (χ0v) is 11.0. The van der Waals surface area contributed by atoms with Crippen molar-refractivity contribution in [2.75, 3.05) is 0 Å². The smallest absolute Gasteiger partial charge is 0.126 e. The van der Waals surface area contributed by atoms with Gasteiger partial charge in [0.1, 0.15) is 5.82 Å². The summed E-state index contributed by atoms with van der Waals surface area (Å²) < 4.78 is 13.6. The van der Waals surface area contributed by atoms with Gasteiger partial charge in [0, 0.05) is 6.42 Å². The topological polar surface area (TPSA) is 20.2 Å². The Balaban J connectivity index is 2.15. The summed E-state index contributed by atoms with van der Waals surface area (Å²) in [5.74, 6) is -0.230. The van der Waals surface area contributed by atoms with Crippen molar-refractivity contribution in [3.05, 3.63) is 47.3 Å². The maximum Gasteiger partial charge on any atom is 0.126 e. The third kappa shape index (κ3) is 3.20. The van der Waals surface area contributed by atoms with E-state index in [-0.39, 0.29) is 5.82 Å². The molecule has 0 bridgehead atoms. The third-order valence-corrected chi connectivity index (χ3v) is 3.73. The number of hydrogen-bond acceptors (Lipinski definition) is 1. The summed E-state index contributed by atoms with van der Waals surface area (Å²) in [6, 6.07) is 6.70. The van der Waals surface area contributed by atoms with Crippen molar-refractivity contribution in [3.8, 4) is 0 Å². The summed E-state index contributed by atoms with van der Waals surface area (Å²) in [6.07, 6.45) is 8.00. The van der Waals surface area contributed by atoms with Crippen LogP contribution in [-0.2, 0) is 6.42 Å². The second kappa shape index (κ2) is 5.66. The van der Waals surface area contributed by atoms with Gasteiger partial charge in [0.15, 0.2) is 0 Å². The summed E-state index contributed by atoms with van der Waals surface area (Å²) in [4.78, 5) is 0. The van der Waals surface area contributed by atoms with Crippen LogP contribution in [-0.4, -0.2) is 10.7 Å². The Kier molecular flexibility index (Phi) is 4.18. The van der Waals surface area contributed by atoms with Gasteiger partial charge in [-0.3, -0.25) is 0 Å². The highest BCUT2D eigenvalue weighted by Gasteiger charge is 2.27.